The van der Waals surface area contributed by atoms with Crippen LogP contribution in [0.4, 0.5) is 0 Å². The van der Waals surface area contributed by atoms with Crippen molar-refractivity contribution in [2.24, 2.45) is 0 Å². The molecule has 0 N–H and O–H groups in total. The third kappa shape index (κ3) is 5.83. The van der Waals surface area contributed by atoms with E-state index in [-0.39, 0.29) is 57.8 Å². The van der Waals surface area contributed by atoms with Crippen LogP contribution in [0.5, 0.6) is 0 Å². The van der Waals surface area contributed by atoms with Gasteiger partial charge in [0, 0.05) is 43.8 Å². The predicted octanol–water partition coefficient (Wildman–Crippen LogP) is 15.5. The number of para-hydroxylation sites is 4. The van der Waals surface area contributed by atoms with E-state index >= 15 is 0 Å². The first-order valence-corrected chi connectivity index (χ1v) is 21.0. The summed E-state index contributed by atoms with van der Waals surface area (Å²) in [5.41, 5.74) is 8.14. The van der Waals surface area contributed by atoms with Gasteiger partial charge in [-0.25, -0.2) is 15.0 Å². The van der Waals surface area contributed by atoms with Gasteiger partial charge in [-0.05, 0) is 86.7 Å². The SMILES string of the molecule is [2H]c1cc([2H])c2c(c1[2H])c1c([2H])c([2H])c([2H])c([2H])c1n2-c1ccccc1-c1nc(-c2cccc(-c3cccc4c3oc3ccc(-c5ccccc5)cc34)c2)nc(-c2ccc3c(ccc4ccccc43)c2)n1. The average Bonchev–Trinajstić information content (AvgIpc) is 3.98. The quantitative estimate of drug-likeness (QED) is 0.157. The molecule has 0 atom stereocenters. The van der Waals surface area contributed by atoms with Gasteiger partial charge in [0.05, 0.1) is 26.3 Å². The Morgan fingerprint density at radius 1 is 0.375 bits per heavy atom. The van der Waals surface area contributed by atoms with Gasteiger partial charge in [-0.15, -0.1) is 0 Å². The molecule has 0 aliphatic heterocycles. The molecule has 0 aliphatic carbocycles. The van der Waals surface area contributed by atoms with Gasteiger partial charge >= 0.3 is 0 Å². The van der Waals surface area contributed by atoms with Crippen LogP contribution in [-0.2, 0) is 0 Å². The van der Waals surface area contributed by atoms with Crippen molar-refractivity contribution in [1.29, 1.82) is 0 Å². The van der Waals surface area contributed by atoms with Crippen LogP contribution in [0.15, 0.2) is 223 Å². The second-order valence-electron chi connectivity index (χ2n) is 15.8. The summed E-state index contributed by atoms with van der Waals surface area (Å²) in [7, 11) is 0. The molecule has 5 heteroatoms. The van der Waals surface area contributed by atoms with E-state index in [2.05, 4.69) is 66.7 Å². The number of furan rings is 1. The maximum Gasteiger partial charge on any atom is 0.166 e. The molecule has 13 rings (SSSR count). The molecule has 0 unspecified atom stereocenters. The topological polar surface area (TPSA) is 56.7 Å². The minimum atomic E-state index is -0.470. The number of fused-ring (bicyclic) bond motifs is 9. The summed E-state index contributed by atoms with van der Waals surface area (Å²) in [5.74, 6) is 1.04. The zero-order valence-electron chi connectivity index (χ0n) is 40.9. The Morgan fingerprint density at radius 2 is 1.03 bits per heavy atom. The number of aromatic nitrogens is 4. The molecule has 0 amide bonds. The molecule has 3 aromatic heterocycles. The standard InChI is InChI=1S/C59H36N4O/c1-2-14-37(15-3-1)39-31-33-55-51(36-39)49-24-13-23-46(56(49)64-55)40-17-12-18-42(34-40)57-60-58(43-30-32-45-41(35-43)29-28-38-16-4-5-19-44(38)45)62-59(61-57)50-22-8-11-27-54(50)63-52-25-9-6-20-47(52)48-21-7-10-26-53(48)63/h1-36H/i6D,7D,9D,20D,21D,25D,26D. The second-order valence-corrected chi connectivity index (χ2v) is 15.8. The van der Waals surface area contributed by atoms with Crippen LogP contribution in [0.1, 0.15) is 9.60 Å². The van der Waals surface area contributed by atoms with Crippen molar-refractivity contribution in [3.63, 3.8) is 0 Å². The zero-order valence-corrected chi connectivity index (χ0v) is 33.9. The third-order valence-electron chi connectivity index (χ3n) is 12.1. The van der Waals surface area contributed by atoms with Gasteiger partial charge in [0.15, 0.2) is 17.5 Å². The van der Waals surface area contributed by atoms with E-state index in [1.807, 2.05) is 91.0 Å². The van der Waals surface area contributed by atoms with Gasteiger partial charge in [-0.3, -0.25) is 0 Å². The lowest BCUT2D eigenvalue weighted by atomic mass is 9.99. The molecule has 13 aromatic rings. The molecule has 0 fully saturated rings. The van der Waals surface area contributed by atoms with E-state index in [0.717, 1.165) is 71.3 Å². The Hall–Kier alpha value is -8.67. The maximum atomic E-state index is 9.22. The summed E-state index contributed by atoms with van der Waals surface area (Å²) in [6.07, 6.45) is 0. The zero-order chi connectivity index (χ0) is 48.2. The molecule has 0 saturated carbocycles. The van der Waals surface area contributed by atoms with E-state index in [0.29, 0.717) is 28.5 Å². The molecule has 0 saturated heterocycles. The van der Waals surface area contributed by atoms with Gasteiger partial charge in [0.25, 0.3) is 0 Å². The van der Waals surface area contributed by atoms with Gasteiger partial charge in [-0.1, -0.05) is 170 Å². The van der Waals surface area contributed by atoms with Crippen molar-refractivity contribution < 1.29 is 14.0 Å². The smallest absolute Gasteiger partial charge is 0.166 e. The van der Waals surface area contributed by atoms with Crippen LogP contribution in [0.3, 0.4) is 0 Å². The van der Waals surface area contributed by atoms with Gasteiger partial charge in [-0.2, -0.15) is 0 Å². The monoisotopic (exact) mass is 823 g/mol. The lowest BCUT2D eigenvalue weighted by Gasteiger charge is -2.15. The van der Waals surface area contributed by atoms with Crippen LogP contribution in [0, 0.1) is 0 Å². The molecule has 10 aromatic carbocycles. The molecule has 3 heterocycles. The first kappa shape index (κ1) is 29.6. The molecule has 298 valence electrons. The summed E-state index contributed by atoms with van der Waals surface area (Å²) in [6, 6.07) is 55.7. The highest BCUT2D eigenvalue weighted by molar-refractivity contribution is 6.12. The summed E-state index contributed by atoms with van der Waals surface area (Å²) < 4.78 is 70.6. The Morgan fingerprint density at radius 3 is 1.95 bits per heavy atom. The number of hydrogen-bond donors (Lipinski definition) is 0. The second kappa shape index (κ2) is 14.5. The molecule has 5 nitrogen and oxygen atoms in total. The fourth-order valence-electron chi connectivity index (χ4n) is 9.13. The number of rotatable bonds is 6. The van der Waals surface area contributed by atoms with E-state index in [4.69, 9.17) is 26.2 Å². The highest BCUT2D eigenvalue weighted by Gasteiger charge is 2.20. The van der Waals surface area contributed by atoms with E-state index in [1.165, 1.54) is 6.07 Å². The Kier molecular flexibility index (Phi) is 6.68. The van der Waals surface area contributed by atoms with E-state index < -0.39 is 12.1 Å². The van der Waals surface area contributed by atoms with Crippen molar-refractivity contribution in [3.05, 3.63) is 218 Å². The first-order valence-electron chi connectivity index (χ1n) is 24.5. The highest BCUT2D eigenvalue weighted by atomic mass is 16.3. The number of hydrogen-bond acceptors (Lipinski definition) is 4. The van der Waals surface area contributed by atoms with Crippen molar-refractivity contribution in [2.45, 2.75) is 0 Å². The number of benzene rings is 10. The molecular formula is C59H36N4O. The first-order chi connectivity index (χ1) is 34.6. The van der Waals surface area contributed by atoms with Crippen molar-refractivity contribution >= 4 is 65.3 Å². The van der Waals surface area contributed by atoms with Crippen LogP contribution in [0.25, 0.3) is 127 Å². The molecule has 0 aliphatic rings. The fourth-order valence-corrected chi connectivity index (χ4v) is 9.13. The Bertz CT molecular complexity index is 4400. The third-order valence-corrected chi connectivity index (χ3v) is 12.1. The fraction of sp³-hybridized carbons (Fsp3) is 0. The van der Waals surface area contributed by atoms with Gasteiger partial charge in [0.2, 0.25) is 0 Å². The Balaban J connectivity index is 1.03. The molecule has 0 spiro atoms. The molecule has 0 radical (unpaired) electrons. The van der Waals surface area contributed by atoms with Crippen LogP contribution in [-0.4, -0.2) is 19.5 Å². The minimum Gasteiger partial charge on any atom is -0.455 e. The van der Waals surface area contributed by atoms with Crippen LogP contribution >= 0.6 is 0 Å². The van der Waals surface area contributed by atoms with Crippen LogP contribution in [0.2, 0.25) is 0 Å². The van der Waals surface area contributed by atoms with E-state index in [1.54, 1.807) is 16.7 Å². The van der Waals surface area contributed by atoms with Crippen molar-refractivity contribution in [2.75, 3.05) is 0 Å². The summed E-state index contributed by atoms with van der Waals surface area (Å²) in [6.45, 7) is 0. The van der Waals surface area contributed by atoms with E-state index in [9.17, 15) is 2.74 Å². The maximum absolute atomic E-state index is 9.22. The molecule has 64 heavy (non-hydrogen) atoms. The minimum absolute atomic E-state index is 0.0574. The van der Waals surface area contributed by atoms with Crippen molar-refractivity contribution in [1.82, 2.24) is 19.5 Å². The lowest BCUT2D eigenvalue weighted by Crippen LogP contribution is -2.03. The van der Waals surface area contributed by atoms with Crippen molar-refractivity contribution in [3.8, 4) is 62.1 Å². The Labute approximate surface area is 378 Å². The van der Waals surface area contributed by atoms with Gasteiger partial charge in [0.1, 0.15) is 11.2 Å². The molecule has 0 bridgehead atoms. The average molecular weight is 824 g/mol. The molecular weight excluding hydrogens is 781 g/mol. The lowest BCUT2D eigenvalue weighted by molar-refractivity contribution is 0.670. The van der Waals surface area contributed by atoms with Gasteiger partial charge < -0.3 is 8.98 Å². The summed E-state index contributed by atoms with van der Waals surface area (Å²) in [4.78, 5) is 15.6. The predicted molar refractivity (Wildman–Crippen MR) is 264 cm³/mol. The highest BCUT2D eigenvalue weighted by Crippen LogP contribution is 2.40. The normalized spacial score (nSPS) is 13.3. The summed E-state index contributed by atoms with van der Waals surface area (Å²) in [5, 5.41) is 6.51. The number of nitrogens with zero attached hydrogens (tertiary/aromatic N) is 4. The largest absolute Gasteiger partial charge is 0.455 e. The summed E-state index contributed by atoms with van der Waals surface area (Å²) >= 11 is 0. The van der Waals surface area contributed by atoms with Crippen LogP contribution < -0.4 is 0 Å².